The molecule has 0 radical (unpaired) electrons. The first kappa shape index (κ1) is 15.9. The van der Waals surface area contributed by atoms with Crippen LogP contribution in [0.15, 0.2) is 0 Å². The van der Waals surface area contributed by atoms with Crippen molar-refractivity contribution in [3.63, 3.8) is 0 Å². The molecule has 5 nitrogen and oxygen atoms in total. The van der Waals surface area contributed by atoms with Crippen molar-refractivity contribution < 1.29 is 19.7 Å². The monoisotopic (exact) mass is 261 g/mol. The molecule has 0 bridgehead atoms. The number of hydrogen-bond donors (Lipinski definition) is 2. The van der Waals surface area contributed by atoms with Gasteiger partial charge >= 0.3 is 0 Å². The van der Waals surface area contributed by atoms with Gasteiger partial charge < -0.3 is 19.7 Å². The van der Waals surface area contributed by atoms with E-state index in [0.29, 0.717) is 6.54 Å². The maximum absolute atomic E-state index is 10.1. The van der Waals surface area contributed by atoms with Gasteiger partial charge in [0.1, 0.15) is 0 Å². The minimum Gasteiger partial charge on any atom is -0.368 e. The molecule has 108 valence electrons. The van der Waals surface area contributed by atoms with Gasteiger partial charge in [-0.25, -0.2) is 0 Å². The predicted octanol–water partition coefficient (Wildman–Crippen LogP) is 1.14. The van der Waals surface area contributed by atoms with Crippen LogP contribution in [0.2, 0.25) is 0 Å². The first-order chi connectivity index (χ1) is 8.24. The Kier molecular flexibility index (Phi) is 5.55. The summed E-state index contributed by atoms with van der Waals surface area (Å²) in [5, 5.41) is 19.7. The Morgan fingerprint density at radius 3 is 2.33 bits per heavy atom. The number of hydrogen-bond acceptors (Lipinski definition) is 5. The summed E-state index contributed by atoms with van der Waals surface area (Å²) in [5.74, 6) is 0.128. The second kappa shape index (κ2) is 6.30. The summed E-state index contributed by atoms with van der Waals surface area (Å²) in [6.45, 7) is 8.49. The SMILES string of the molecule is COC(O)C1CCN(C(O)OC(C)(C)C)C(C)C1. The van der Waals surface area contributed by atoms with Gasteiger partial charge in [0, 0.05) is 25.6 Å². The van der Waals surface area contributed by atoms with E-state index in [2.05, 4.69) is 0 Å². The summed E-state index contributed by atoms with van der Waals surface area (Å²) in [5.41, 5.74) is -0.373. The van der Waals surface area contributed by atoms with Crippen molar-refractivity contribution in [2.24, 2.45) is 5.92 Å². The third-order valence-corrected chi connectivity index (χ3v) is 3.36. The number of methoxy groups -OCH3 is 1. The van der Waals surface area contributed by atoms with E-state index in [1.54, 1.807) is 0 Å². The van der Waals surface area contributed by atoms with E-state index in [9.17, 15) is 10.2 Å². The fraction of sp³-hybridized carbons (Fsp3) is 1.00. The zero-order chi connectivity index (χ0) is 13.9. The fourth-order valence-electron chi connectivity index (χ4n) is 2.39. The third kappa shape index (κ3) is 4.48. The lowest BCUT2D eigenvalue weighted by Gasteiger charge is -2.42. The predicted molar refractivity (Wildman–Crippen MR) is 68.8 cm³/mol. The Labute approximate surface area is 110 Å². The van der Waals surface area contributed by atoms with E-state index in [1.807, 2.05) is 32.6 Å². The van der Waals surface area contributed by atoms with Crippen molar-refractivity contribution in [3.05, 3.63) is 0 Å². The smallest absolute Gasteiger partial charge is 0.216 e. The molecule has 5 heteroatoms. The molecule has 0 aliphatic carbocycles. The topological polar surface area (TPSA) is 62.2 Å². The molecule has 2 N–H and O–H groups in total. The quantitative estimate of drug-likeness (QED) is 0.743. The molecule has 1 fully saturated rings. The number of aliphatic hydroxyl groups excluding tert-OH is 2. The van der Waals surface area contributed by atoms with Gasteiger partial charge in [0.2, 0.25) is 6.41 Å². The number of rotatable bonds is 4. The summed E-state index contributed by atoms with van der Waals surface area (Å²) < 4.78 is 10.5. The van der Waals surface area contributed by atoms with E-state index < -0.39 is 12.7 Å². The van der Waals surface area contributed by atoms with Crippen LogP contribution in [-0.4, -0.2) is 53.1 Å². The second-order valence-corrected chi connectivity index (χ2v) is 6.05. The Morgan fingerprint density at radius 2 is 1.89 bits per heavy atom. The lowest BCUT2D eigenvalue weighted by molar-refractivity contribution is -0.257. The highest BCUT2D eigenvalue weighted by Crippen LogP contribution is 2.28. The van der Waals surface area contributed by atoms with Crippen LogP contribution in [0.3, 0.4) is 0 Å². The van der Waals surface area contributed by atoms with Gasteiger partial charge in [-0.05, 0) is 40.5 Å². The van der Waals surface area contributed by atoms with Crippen LogP contribution in [0.5, 0.6) is 0 Å². The average molecular weight is 261 g/mol. The normalized spacial score (nSPS) is 30.2. The fourth-order valence-corrected chi connectivity index (χ4v) is 2.39. The van der Waals surface area contributed by atoms with Crippen LogP contribution in [0.4, 0.5) is 0 Å². The molecule has 0 amide bonds. The molecule has 18 heavy (non-hydrogen) atoms. The highest BCUT2D eigenvalue weighted by Gasteiger charge is 2.34. The average Bonchev–Trinajstić information content (AvgIpc) is 2.25. The maximum Gasteiger partial charge on any atom is 0.216 e. The number of ether oxygens (including phenoxy) is 2. The van der Waals surface area contributed by atoms with Crippen LogP contribution in [0.25, 0.3) is 0 Å². The van der Waals surface area contributed by atoms with Crippen LogP contribution in [0.1, 0.15) is 40.5 Å². The van der Waals surface area contributed by atoms with Crippen molar-refractivity contribution in [3.8, 4) is 0 Å². The van der Waals surface area contributed by atoms with E-state index in [-0.39, 0.29) is 17.6 Å². The maximum atomic E-state index is 10.1. The van der Waals surface area contributed by atoms with Crippen LogP contribution in [0, 0.1) is 5.92 Å². The molecule has 0 aromatic carbocycles. The van der Waals surface area contributed by atoms with Gasteiger partial charge in [0.25, 0.3) is 0 Å². The first-order valence-corrected chi connectivity index (χ1v) is 6.57. The summed E-state index contributed by atoms with van der Waals surface area (Å²) >= 11 is 0. The molecule has 1 aliphatic heterocycles. The molecular formula is C13H27NO4. The largest absolute Gasteiger partial charge is 0.368 e. The van der Waals surface area contributed by atoms with Gasteiger partial charge in [-0.1, -0.05) is 0 Å². The van der Waals surface area contributed by atoms with Crippen molar-refractivity contribution in [1.82, 2.24) is 4.90 Å². The second-order valence-electron chi connectivity index (χ2n) is 6.05. The van der Waals surface area contributed by atoms with Crippen molar-refractivity contribution in [2.45, 2.75) is 64.9 Å². The van der Waals surface area contributed by atoms with E-state index in [1.165, 1.54) is 7.11 Å². The molecule has 0 saturated carbocycles. The highest BCUT2D eigenvalue weighted by atomic mass is 16.6. The molecule has 0 spiro atoms. The minimum absolute atomic E-state index is 0.128. The van der Waals surface area contributed by atoms with Gasteiger partial charge in [0.05, 0.1) is 5.60 Å². The molecule has 0 aromatic heterocycles. The molecule has 1 aliphatic rings. The Hall–Kier alpha value is -0.200. The highest BCUT2D eigenvalue weighted by molar-refractivity contribution is 4.80. The molecule has 1 heterocycles. The first-order valence-electron chi connectivity index (χ1n) is 6.57. The minimum atomic E-state index is -0.888. The van der Waals surface area contributed by atoms with Crippen LogP contribution >= 0.6 is 0 Å². The van der Waals surface area contributed by atoms with Gasteiger partial charge in [0.15, 0.2) is 6.29 Å². The van der Waals surface area contributed by atoms with Gasteiger partial charge in [-0.2, -0.15) is 0 Å². The Morgan fingerprint density at radius 1 is 1.28 bits per heavy atom. The zero-order valence-corrected chi connectivity index (χ0v) is 12.1. The molecule has 1 rings (SSSR count). The number of piperidine rings is 1. The zero-order valence-electron chi connectivity index (χ0n) is 12.1. The van der Waals surface area contributed by atoms with E-state index >= 15 is 0 Å². The summed E-state index contributed by atoms with van der Waals surface area (Å²) in [6.07, 6.45) is -0.0142. The molecule has 0 aromatic rings. The van der Waals surface area contributed by atoms with Gasteiger partial charge in [-0.3, -0.25) is 4.90 Å². The van der Waals surface area contributed by atoms with Crippen molar-refractivity contribution >= 4 is 0 Å². The summed E-state index contributed by atoms with van der Waals surface area (Å²) in [4.78, 5) is 1.92. The molecule has 4 unspecified atom stereocenters. The Bertz CT molecular complexity index is 254. The van der Waals surface area contributed by atoms with Crippen LogP contribution in [-0.2, 0) is 9.47 Å². The number of likely N-dealkylation sites (tertiary alicyclic amines) is 1. The third-order valence-electron chi connectivity index (χ3n) is 3.36. The lowest BCUT2D eigenvalue weighted by Crippen LogP contribution is -2.51. The Balaban J connectivity index is 2.52. The van der Waals surface area contributed by atoms with Crippen molar-refractivity contribution in [1.29, 1.82) is 0 Å². The molecule has 1 saturated heterocycles. The lowest BCUT2D eigenvalue weighted by atomic mass is 9.91. The number of nitrogens with zero attached hydrogens (tertiary/aromatic N) is 1. The summed E-state index contributed by atoms with van der Waals surface area (Å²) in [6, 6.07) is 0.158. The van der Waals surface area contributed by atoms with Gasteiger partial charge in [-0.15, -0.1) is 0 Å². The van der Waals surface area contributed by atoms with Crippen LogP contribution < -0.4 is 0 Å². The molecular weight excluding hydrogens is 234 g/mol. The summed E-state index contributed by atoms with van der Waals surface area (Å²) in [7, 11) is 1.51. The van der Waals surface area contributed by atoms with E-state index in [0.717, 1.165) is 12.8 Å². The van der Waals surface area contributed by atoms with Crippen molar-refractivity contribution in [2.75, 3.05) is 13.7 Å². The standard InChI is InChI=1S/C13H27NO4/c1-9-8-10(11(15)17-5)6-7-14(9)12(16)18-13(2,3)4/h9-12,15-16H,6-8H2,1-5H3. The molecule has 4 atom stereocenters. The van der Waals surface area contributed by atoms with E-state index in [4.69, 9.17) is 9.47 Å². The number of aliphatic hydroxyl groups is 2.